The van der Waals surface area contributed by atoms with E-state index in [1.54, 1.807) is 4.90 Å². The van der Waals surface area contributed by atoms with E-state index in [1.165, 1.54) is 13.0 Å². The van der Waals surface area contributed by atoms with Crippen molar-refractivity contribution >= 4 is 25.6 Å². The minimum Gasteiger partial charge on any atom is -0.455 e. The number of aryl methyl sites for hydroxylation is 1. The summed E-state index contributed by atoms with van der Waals surface area (Å²) in [6.07, 6.45) is 2.28. The van der Waals surface area contributed by atoms with Crippen LogP contribution in [0.2, 0.25) is 0 Å². The third-order valence-corrected chi connectivity index (χ3v) is 4.62. The van der Waals surface area contributed by atoms with Crippen molar-refractivity contribution < 1.29 is 17.6 Å². The normalized spacial score (nSPS) is 15.5. The van der Waals surface area contributed by atoms with Crippen molar-refractivity contribution in [2.45, 2.75) is 31.6 Å². The summed E-state index contributed by atoms with van der Waals surface area (Å²) < 4.78 is 27.8. The van der Waals surface area contributed by atoms with E-state index in [-0.39, 0.29) is 22.3 Å². The van der Waals surface area contributed by atoms with E-state index >= 15 is 0 Å². The fourth-order valence-electron chi connectivity index (χ4n) is 1.94. The first kappa shape index (κ1) is 14.4. The molecule has 1 aromatic heterocycles. The van der Waals surface area contributed by atoms with Crippen LogP contribution < -0.4 is 0 Å². The van der Waals surface area contributed by atoms with Gasteiger partial charge in [-0.3, -0.25) is 4.79 Å². The zero-order valence-electron chi connectivity index (χ0n) is 10.8. The van der Waals surface area contributed by atoms with Crippen LogP contribution in [0.15, 0.2) is 15.4 Å². The Hall–Kier alpha value is -1.01. The molecular weight excluding hydrogens is 290 g/mol. The number of hydrogen-bond acceptors (Lipinski definition) is 4. The van der Waals surface area contributed by atoms with Gasteiger partial charge in [0, 0.05) is 29.8 Å². The van der Waals surface area contributed by atoms with Gasteiger partial charge in [-0.2, -0.15) is 0 Å². The summed E-state index contributed by atoms with van der Waals surface area (Å²) in [5.41, 5.74) is 0. The van der Waals surface area contributed by atoms with Gasteiger partial charge in [0.1, 0.15) is 10.7 Å². The molecule has 0 unspecified atom stereocenters. The van der Waals surface area contributed by atoms with Gasteiger partial charge in [-0.05, 0) is 32.6 Å². The maximum atomic E-state index is 12.2. The smallest absolute Gasteiger partial charge is 0.289 e. The quantitative estimate of drug-likeness (QED) is 0.783. The molecule has 0 aromatic carbocycles. The first-order chi connectivity index (χ1) is 8.82. The predicted molar refractivity (Wildman–Crippen MR) is 70.8 cm³/mol. The number of nitrogens with zero attached hydrogens (tertiary/aromatic N) is 1. The van der Waals surface area contributed by atoms with Crippen LogP contribution in [-0.4, -0.2) is 32.3 Å². The van der Waals surface area contributed by atoms with Crippen molar-refractivity contribution in [1.29, 1.82) is 0 Å². The van der Waals surface area contributed by atoms with Gasteiger partial charge in [0.05, 0.1) is 0 Å². The van der Waals surface area contributed by atoms with Gasteiger partial charge in [0.15, 0.2) is 5.76 Å². The summed E-state index contributed by atoms with van der Waals surface area (Å²) in [6, 6.07) is 1.20. The monoisotopic (exact) mass is 305 g/mol. The van der Waals surface area contributed by atoms with Crippen LogP contribution in [0.4, 0.5) is 0 Å². The second-order valence-electron chi connectivity index (χ2n) is 4.76. The standard InChI is InChI=1S/C12H16ClNO4S/c1-3-14(7-9-4-5-9)12(15)10-6-11(8(2)18-10)19(13,16)17/h6,9H,3-5,7H2,1-2H3. The Morgan fingerprint density at radius 1 is 1.53 bits per heavy atom. The van der Waals surface area contributed by atoms with Gasteiger partial charge in [0.25, 0.3) is 15.0 Å². The lowest BCUT2D eigenvalue weighted by atomic mass is 10.3. The molecular formula is C12H16ClNO4S. The number of furan rings is 1. The minimum absolute atomic E-state index is 0.0271. The van der Waals surface area contributed by atoms with Crippen molar-refractivity contribution in [3.63, 3.8) is 0 Å². The molecule has 1 fully saturated rings. The van der Waals surface area contributed by atoms with Gasteiger partial charge in [-0.1, -0.05) is 0 Å². The Balaban J connectivity index is 2.23. The second kappa shape index (κ2) is 5.17. The lowest BCUT2D eigenvalue weighted by Gasteiger charge is -2.19. The fourth-order valence-corrected chi connectivity index (χ4v) is 3.03. The number of carbonyl (C=O) groups is 1. The molecule has 0 aliphatic heterocycles. The van der Waals surface area contributed by atoms with Gasteiger partial charge >= 0.3 is 0 Å². The van der Waals surface area contributed by atoms with Crippen LogP contribution >= 0.6 is 10.7 Å². The van der Waals surface area contributed by atoms with Crippen LogP contribution in [0.1, 0.15) is 36.1 Å². The third-order valence-electron chi connectivity index (χ3n) is 3.19. The Morgan fingerprint density at radius 2 is 2.16 bits per heavy atom. The Labute approximate surface area is 116 Å². The average molecular weight is 306 g/mol. The van der Waals surface area contributed by atoms with E-state index in [4.69, 9.17) is 15.1 Å². The largest absolute Gasteiger partial charge is 0.455 e. The molecule has 0 atom stereocenters. The molecule has 7 heteroatoms. The molecule has 1 aliphatic rings. The summed E-state index contributed by atoms with van der Waals surface area (Å²) in [6.45, 7) is 4.62. The van der Waals surface area contributed by atoms with Crippen LogP contribution in [0, 0.1) is 12.8 Å². The number of carbonyl (C=O) groups excluding carboxylic acids is 1. The first-order valence-electron chi connectivity index (χ1n) is 6.17. The van der Waals surface area contributed by atoms with Gasteiger partial charge < -0.3 is 9.32 Å². The molecule has 0 radical (unpaired) electrons. The average Bonchev–Trinajstić information content (AvgIpc) is 3.04. The molecule has 19 heavy (non-hydrogen) atoms. The zero-order valence-corrected chi connectivity index (χ0v) is 12.4. The fraction of sp³-hybridized carbons (Fsp3) is 0.583. The number of halogens is 1. The molecule has 0 bridgehead atoms. The highest BCUT2D eigenvalue weighted by Gasteiger charge is 2.29. The third kappa shape index (κ3) is 3.30. The molecule has 0 saturated heterocycles. The Kier molecular flexibility index (Phi) is 3.92. The molecule has 1 heterocycles. The number of hydrogen-bond donors (Lipinski definition) is 0. The summed E-state index contributed by atoms with van der Waals surface area (Å²) in [5.74, 6) is 0.445. The summed E-state index contributed by atoms with van der Waals surface area (Å²) in [5, 5.41) is 0. The lowest BCUT2D eigenvalue weighted by molar-refractivity contribution is 0.0723. The Bertz CT molecular complexity index is 589. The van der Waals surface area contributed by atoms with Crippen LogP contribution in [0.25, 0.3) is 0 Å². The summed E-state index contributed by atoms with van der Waals surface area (Å²) in [7, 11) is 1.40. The van der Waals surface area contributed by atoms with E-state index in [1.807, 2.05) is 6.92 Å². The second-order valence-corrected chi connectivity index (χ2v) is 7.29. The van der Waals surface area contributed by atoms with Crippen molar-refractivity contribution in [2.75, 3.05) is 13.1 Å². The van der Waals surface area contributed by atoms with Gasteiger partial charge in [-0.25, -0.2) is 8.42 Å². The first-order valence-corrected chi connectivity index (χ1v) is 8.48. The van der Waals surface area contributed by atoms with E-state index < -0.39 is 9.05 Å². The van der Waals surface area contributed by atoms with Crippen molar-refractivity contribution in [3.8, 4) is 0 Å². The van der Waals surface area contributed by atoms with E-state index in [2.05, 4.69) is 0 Å². The zero-order chi connectivity index (χ0) is 14.2. The van der Waals surface area contributed by atoms with Gasteiger partial charge in [-0.15, -0.1) is 0 Å². The molecule has 1 aliphatic carbocycles. The summed E-state index contributed by atoms with van der Waals surface area (Å²) >= 11 is 0. The molecule has 106 valence electrons. The van der Waals surface area contributed by atoms with Crippen LogP contribution in [0.5, 0.6) is 0 Å². The molecule has 1 amide bonds. The summed E-state index contributed by atoms with van der Waals surface area (Å²) in [4.78, 5) is 13.8. The number of rotatable bonds is 5. The molecule has 1 saturated carbocycles. The maximum absolute atomic E-state index is 12.2. The van der Waals surface area contributed by atoms with Crippen molar-refractivity contribution in [2.24, 2.45) is 5.92 Å². The topological polar surface area (TPSA) is 67.6 Å². The molecule has 0 spiro atoms. The maximum Gasteiger partial charge on any atom is 0.289 e. The molecule has 5 nitrogen and oxygen atoms in total. The highest BCUT2D eigenvalue weighted by Crippen LogP contribution is 2.30. The highest BCUT2D eigenvalue weighted by molar-refractivity contribution is 8.13. The lowest BCUT2D eigenvalue weighted by Crippen LogP contribution is -2.32. The Morgan fingerprint density at radius 3 is 2.58 bits per heavy atom. The van der Waals surface area contributed by atoms with E-state index in [0.717, 1.165) is 12.8 Å². The van der Waals surface area contributed by atoms with Crippen LogP contribution in [-0.2, 0) is 9.05 Å². The molecule has 2 rings (SSSR count). The van der Waals surface area contributed by atoms with Crippen LogP contribution in [0.3, 0.4) is 0 Å². The van der Waals surface area contributed by atoms with E-state index in [9.17, 15) is 13.2 Å². The van der Waals surface area contributed by atoms with Gasteiger partial charge in [0.2, 0.25) is 0 Å². The highest BCUT2D eigenvalue weighted by atomic mass is 35.7. The van der Waals surface area contributed by atoms with Crippen molar-refractivity contribution in [3.05, 3.63) is 17.6 Å². The number of amides is 1. The predicted octanol–water partition coefficient (Wildman–Crippen LogP) is 2.39. The minimum atomic E-state index is -3.88. The molecule has 0 N–H and O–H groups in total. The van der Waals surface area contributed by atoms with E-state index in [0.29, 0.717) is 19.0 Å². The molecule has 1 aromatic rings. The van der Waals surface area contributed by atoms with Crippen molar-refractivity contribution in [1.82, 2.24) is 4.90 Å². The SMILES string of the molecule is CCN(CC1CC1)C(=O)c1cc(S(=O)(=O)Cl)c(C)o1.